The number of amides is 1. The number of carbonyl (C=O) groups is 1. The molecule has 0 radical (unpaired) electrons. The molecule has 1 fully saturated rings. The van der Waals surface area contributed by atoms with Crippen LogP contribution in [0.25, 0.3) is 0 Å². The summed E-state index contributed by atoms with van der Waals surface area (Å²) in [7, 11) is 1.87. The summed E-state index contributed by atoms with van der Waals surface area (Å²) in [4.78, 5) is 18.7. The second-order valence-electron chi connectivity index (χ2n) is 6.26. The van der Waals surface area contributed by atoms with E-state index in [1.54, 1.807) is 16.2 Å². The average Bonchev–Trinajstić information content (AvgIpc) is 3.02. The standard InChI is InChI=1S/C17H29N3O2S/c1-4-22-13(2)17-19-15(12-23-17)11-20(3)16(21)6-5-14-7-9-18-10-8-14/h12-14,18H,4-11H2,1-3H3. The Hall–Kier alpha value is -0.980. The van der Waals surface area contributed by atoms with Gasteiger partial charge < -0.3 is 15.0 Å². The van der Waals surface area contributed by atoms with Crippen LogP contribution in [-0.2, 0) is 16.1 Å². The van der Waals surface area contributed by atoms with E-state index in [-0.39, 0.29) is 12.0 Å². The zero-order valence-corrected chi connectivity index (χ0v) is 15.3. The van der Waals surface area contributed by atoms with Crippen LogP contribution in [0.1, 0.15) is 56.3 Å². The summed E-state index contributed by atoms with van der Waals surface area (Å²) in [5.74, 6) is 0.919. The fraction of sp³-hybridized carbons (Fsp3) is 0.765. The molecule has 0 aliphatic carbocycles. The van der Waals surface area contributed by atoms with Crippen LogP contribution < -0.4 is 5.32 Å². The van der Waals surface area contributed by atoms with Crippen molar-refractivity contribution >= 4 is 17.2 Å². The fourth-order valence-electron chi connectivity index (χ4n) is 2.92. The first kappa shape index (κ1) is 18.4. The van der Waals surface area contributed by atoms with Crippen LogP contribution in [0, 0.1) is 5.92 Å². The van der Waals surface area contributed by atoms with Crippen LogP contribution in [0.5, 0.6) is 0 Å². The minimum Gasteiger partial charge on any atom is -0.372 e. The second kappa shape index (κ2) is 9.35. The predicted molar refractivity (Wildman–Crippen MR) is 93.5 cm³/mol. The molecule has 2 heterocycles. The van der Waals surface area contributed by atoms with E-state index in [9.17, 15) is 4.79 Å². The lowest BCUT2D eigenvalue weighted by molar-refractivity contribution is -0.130. The van der Waals surface area contributed by atoms with Gasteiger partial charge in [0.15, 0.2) is 0 Å². The molecule has 1 atom stereocenters. The maximum absolute atomic E-state index is 12.3. The molecule has 1 N–H and O–H groups in total. The third-order valence-corrected chi connectivity index (χ3v) is 5.44. The lowest BCUT2D eigenvalue weighted by atomic mass is 9.93. The predicted octanol–water partition coefficient (Wildman–Crippen LogP) is 2.98. The maximum Gasteiger partial charge on any atom is 0.222 e. The molecule has 0 bridgehead atoms. The molecule has 23 heavy (non-hydrogen) atoms. The van der Waals surface area contributed by atoms with E-state index in [4.69, 9.17) is 4.74 Å². The van der Waals surface area contributed by atoms with Crippen molar-refractivity contribution in [3.8, 4) is 0 Å². The van der Waals surface area contributed by atoms with Gasteiger partial charge in [0.25, 0.3) is 0 Å². The van der Waals surface area contributed by atoms with E-state index < -0.39 is 0 Å². The molecule has 1 saturated heterocycles. The SMILES string of the molecule is CCOC(C)c1nc(CN(C)C(=O)CCC2CCNCC2)cs1. The Bertz CT molecular complexity index is 486. The zero-order valence-electron chi connectivity index (χ0n) is 14.5. The quantitative estimate of drug-likeness (QED) is 0.791. The number of piperidine rings is 1. The summed E-state index contributed by atoms with van der Waals surface area (Å²) >= 11 is 1.61. The number of hydrogen-bond donors (Lipinski definition) is 1. The van der Waals surface area contributed by atoms with Gasteiger partial charge in [0.2, 0.25) is 5.91 Å². The fourth-order valence-corrected chi connectivity index (χ4v) is 3.74. The van der Waals surface area contributed by atoms with Crippen molar-refractivity contribution in [3.63, 3.8) is 0 Å². The van der Waals surface area contributed by atoms with Crippen LogP contribution in [0.3, 0.4) is 0 Å². The molecule has 1 unspecified atom stereocenters. The van der Waals surface area contributed by atoms with Crippen molar-refractivity contribution in [2.75, 3.05) is 26.7 Å². The van der Waals surface area contributed by atoms with E-state index >= 15 is 0 Å². The second-order valence-corrected chi connectivity index (χ2v) is 7.15. The van der Waals surface area contributed by atoms with Gasteiger partial charge in [-0.25, -0.2) is 4.98 Å². The highest BCUT2D eigenvalue weighted by atomic mass is 32.1. The van der Waals surface area contributed by atoms with Gasteiger partial charge in [0.1, 0.15) is 11.1 Å². The molecular weight excluding hydrogens is 310 g/mol. The monoisotopic (exact) mass is 339 g/mol. The van der Waals surface area contributed by atoms with Crippen molar-refractivity contribution in [3.05, 3.63) is 16.1 Å². The van der Waals surface area contributed by atoms with Crippen molar-refractivity contribution in [2.45, 2.75) is 52.2 Å². The van der Waals surface area contributed by atoms with Gasteiger partial charge in [-0.3, -0.25) is 4.79 Å². The Kier molecular flexibility index (Phi) is 7.46. The first-order chi connectivity index (χ1) is 11.1. The minimum atomic E-state index is 0.0275. The van der Waals surface area contributed by atoms with Crippen molar-refractivity contribution in [2.24, 2.45) is 5.92 Å². The first-order valence-corrected chi connectivity index (χ1v) is 9.48. The number of aromatic nitrogens is 1. The van der Waals surface area contributed by atoms with Gasteiger partial charge in [-0.05, 0) is 52.1 Å². The topological polar surface area (TPSA) is 54.5 Å². The molecule has 1 aromatic rings. The largest absolute Gasteiger partial charge is 0.372 e. The van der Waals surface area contributed by atoms with E-state index in [1.165, 1.54) is 12.8 Å². The number of hydrogen-bond acceptors (Lipinski definition) is 5. The van der Waals surface area contributed by atoms with Gasteiger partial charge in [0, 0.05) is 25.5 Å². The Balaban J connectivity index is 1.76. The summed E-state index contributed by atoms with van der Waals surface area (Å²) in [6, 6.07) is 0. The highest BCUT2D eigenvalue weighted by molar-refractivity contribution is 7.09. The number of nitrogens with one attached hydrogen (secondary N) is 1. The van der Waals surface area contributed by atoms with E-state index in [0.717, 1.165) is 30.2 Å². The van der Waals surface area contributed by atoms with E-state index in [1.807, 2.05) is 26.3 Å². The molecule has 0 spiro atoms. The smallest absolute Gasteiger partial charge is 0.222 e. The van der Waals surface area contributed by atoms with Crippen LogP contribution in [-0.4, -0.2) is 42.5 Å². The highest BCUT2D eigenvalue weighted by Gasteiger charge is 2.17. The number of carbonyl (C=O) groups excluding carboxylic acids is 1. The zero-order chi connectivity index (χ0) is 16.7. The molecule has 0 aromatic carbocycles. The van der Waals surface area contributed by atoms with Crippen LogP contribution in [0.15, 0.2) is 5.38 Å². The third kappa shape index (κ3) is 5.86. The summed E-state index contributed by atoms with van der Waals surface area (Å²) in [5.41, 5.74) is 0.953. The van der Waals surface area contributed by atoms with Gasteiger partial charge in [-0.1, -0.05) is 0 Å². The molecular formula is C17H29N3O2S. The van der Waals surface area contributed by atoms with E-state index in [2.05, 4.69) is 10.3 Å². The van der Waals surface area contributed by atoms with Crippen LogP contribution >= 0.6 is 11.3 Å². The third-order valence-electron chi connectivity index (χ3n) is 4.38. The number of nitrogens with zero attached hydrogens (tertiary/aromatic N) is 2. The van der Waals surface area contributed by atoms with Crippen molar-refractivity contribution < 1.29 is 9.53 Å². The number of ether oxygens (including phenoxy) is 1. The van der Waals surface area contributed by atoms with Gasteiger partial charge >= 0.3 is 0 Å². The van der Waals surface area contributed by atoms with Gasteiger partial charge in [-0.2, -0.15) is 0 Å². The highest BCUT2D eigenvalue weighted by Crippen LogP contribution is 2.22. The number of rotatable bonds is 8. The molecule has 6 heteroatoms. The molecule has 0 saturated carbocycles. The Morgan fingerprint density at radius 1 is 1.52 bits per heavy atom. The lowest BCUT2D eigenvalue weighted by Crippen LogP contribution is -2.30. The molecule has 1 amide bonds. The summed E-state index contributed by atoms with van der Waals surface area (Å²) in [5, 5.41) is 6.38. The molecule has 1 aliphatic heterocycles. The molecule has 1 aliphatic rings. The normalized spacial score (nSPS) is 17.2. The van der Waals surface area contributed by atoms with Crippen molar-refractivity contribution in [1.82, 2.24) is 15.2 Å². The van der Waals surface area contributed by atoms with Gasteiger partial charge in [0.05, 0.1) is 12.2 Å². The first-order valence-electron chi connectivity index (χ1n) is 8.60. The van der Waals surface area contributed by atoms with Crippen LogP contribution in [0.4, 0.5) is 0 Å². The molecule has 1 aromatic heterocycles. The molecule has 2 rings (SSSR count). The summed E-state index contributed by atoms with van der Waals surface area (Å²) < 4.78 is 5.56. The maximum atomic E-state index is 12.3. The summed E-state index contributed by atoms with van der Waals surface area (Å²) in [6.07, 6.45) is 4.07. The van der Waals surface area contributed by atoms with Crippen LogP contribution in [0.2, 0.25) is 0 Å². The lowest BCUT2D eigenvalue weighted by Gasteiger charge is -2.23. The average molecular weight is 340 g/mol. The van der Waals surface area contributed by atoms with Crippen molar-refractivity contribution in [1.29, 1.82) is 0 Å². The van der Waals surface area contributed by atoms with Gasteiger partial charge in [-0.15, -0.1) is 11.3 Å². The summed E-state index contributed by atoms with van der Waals surface area (Å²) in [6.45, 7) is 7.45. The Morgan fingerprint density at radius 3 is 2.96 bits per heavy atom. The molecule has 5 nitrogen and oxygen atoms in total. The van der Waals surface area contributed by atoms with E-state index in [0.29, 0.717) is 25.5 Å². The Labute approximate surface area is 143 Å². The minimum absolute atomic E-state index is 0.0275. The molecule has 130 valence electrons. The Morgan fingerprint density at radius 2 is 2.26 bits per heavy atom. The number of thiazole rings is 1.